The largest absolute Gasteiger partial charge is 0.288 e. The number of thiocarbonyl (C=S) groups is 1. The number of thioether (sulfide) groups is 1. The van der Waals surface area contributed by atoms with E-state index in [-0.39, 0.29) is 5.91 Å². The fraction of sp³-hybridized carbons (Fsp3) is 0.111. The van der Waals surface area contributed by atoms with Crippen LogP contribution in [0.2, 0.25) is 10.0 Å². The summed E-state index contributed by atoms with van der Waals surface area (Å²) >= 11 is 18.6. The van der Waals surface area contributed by atoms with Gasteiger partial charge in [0.2, 0.25) is 0 Å². The van der Waals surface area contributed by atoms with Gasteiger partial charge in [-0.3, -0.25) is 9.69 Å². The molecule has 1 heterocycles. The number of nitrogens with zero attached hydrogens (tertiary/aromatic N) is 1. The molecule has 122 valence electrons. The molecule has 6 heteroatoms. The van der Waals surface area contributed by atoms with E-state index in [1.54, 1.807) is 23.1 Å². The first-order chi connectivity index (χ1) is 11.4. The molecule has 3 rings (SSSR count). The molecule has 2 nitrogen and oxygen atoms in total. The van der Waals surface area contributed by atoms with Gasteiger partial charge in [0, 0.05) is 0 Å². The van der Waals surface area contributed by atoms with Gasteiger partial charge in [-0.25, -0.2) is 0 Å². The molecule has 0 unspecified atom stereocenters. The summed E-state index contributed by atoms with van der Waals surface area (Å²) in [6, 6.07) is 13.3. The summed E-state index contributed by atoms with van der Waals surface area (Å²) in [5.74, 6) is -0.0864. The van der Waals surface area contributed by atoms with Crippen molar-refractivity contribution in [3.05, 3.63) is 74.1 Å². The lowest BCUT2D eigenvalue weighted by atomic mass is 10.1. The summed E-state index contributed by atoms with van der Waals surface area (Å²) in [4.78, 5) is 14.8. The van der Waals surface area contributed by atoms with Crippen molar-refractivity contribution in [2.24, 2.45) is 0 Å². The lowest BCUT2D eigenvalue weighted by molar-refractivity contribution is -0.122. The Morgan fingerprint density at radius 1 is 1.12 bits per heavy atom. The van der Waals surface area contributed by atoms with Crippen molar-refractivity contribution in [2.75, 3.05) is 0 Å². The molecule has 0 radical (unpaired) electrons. The molecule has 0 saturated carbocycles. The van der Waals surface area contributed by atoms with Crippen LogP contribution in [0.25, 0.3) is 6.08 Å². The van der Waals surface area contributed by atoms with E-state index >= 15 is 0 Å². The van der Waals surface area contributed by atoms with Crippen LogP contribution in [0.3, 0.4) is 0 Å². The normalized spacial score (nSPS) is 16.3. The van der Waals surface area contributed by atoms with E-state index in [0.717, 1.165) is 11.1 Å². The smallest absolute Gasteiger partial charge is 0.266 e. The zero-order valence-corrected chi connectivity index (χ0v) is 15.9. The highest BCUT2D eigenvalue weighted by atomic mass is 35.5. The average molecular weight is 394 g/mol. The van der Waals surface area contributed by atoms with Crippen LogP contribution in [0, 0.1) is 6.92 Å². The maximum atomic E-state index is 12.6. The molecule has 0 aliphatic carbocycles. The molecule has 1 aliphatic rings. The lowest BCUT2D eigenvalue weighted by Crippen LogP contribution is -2.27. The molecule has 24 heavy (non-hydrogen) atoms. The van der Waals surface area contributed by atoms with Crippen molar-refractivity contribution in [3.8, 4) is 0 Å². The Morgan fingerprint density at radius 2 is 1.83 bits per heavy atom. The summed E-state index contributed by atoms with van der Waals surface area (Å²) in [5.41, 5.74) is 3.05. The second-order valence-corrected chi connectivity index (χ2v) is 7.92. The predicted octanol–water partition coefficient (Wildman–Crippen LogP) is 5.70. The molecule has 2 aromatic rings. The van der Waals surface area contributed by atoms with Gasteiger partial charge in [-0.1, -0.05) is 83.1 Å². The molecule has 1 aliphatic heterocycles. The fourth-order valence-corrected chi connectivity index (χ4v) is 3.83. The third-order valence-electron chi connectivity index (χ3n) is 3.58. The Hall–Kier alpha value is -1.33. The number of aryl methyl sites for hydroxylation is 1. The van der Waals surface area contributed by atoms with Gasteiger partial charge in [-0.2, -0.15) is 0 Å². The second-order valence-electron chi connectivity index (χ2n) is 5.43. The summed E-state index contributed by atoms with van der Waals surface area (Å²) < 4.78 is 0.562. The highest BCUT2D eigenvalue weighted by molar-refractivity contribution is 8.26. The van der Waals surface area contributed by atoms with Gasteiger partial charge >= 0.3 is 0 Å². The summed E-state index contributed by atoms with van der Waals surface area (Å²) in [5, 5.41) is 0.946. The standard InChI is InChI=1S/C18H13Cl2NOS2/c1-11-2-4-12(5-3-11)10-21-17(22)16(24-18(21)23)9-13-6-7-14(19)15(20)8-13/h2-9H,10H2,1H3/b16-9-. The minimum atomic E-state index is -0.0864. The molecular formula is C18H13Cl2NOS2. The Labute approximate surface area is 160 Å². The van der Waals surface area contributed by atoms with Crippen LogP contribution in [0.5, 0.6) is 0 Å². The first kappa shape index (κ1) is 17.5. The Morgan fingerprint density at radius 3 is 2.50 bits per heavy atom. The van der Waals surface area contributed by atoms with Crippen molar-refractivity contribution in [2.45, 2.75) is 13.5 Å². The first-order valence-electron chi connectivity index (χ1n) is 7.20. The van der Waals surface area contributed by atoms with Gasteiger partial charge in [0.15, 0.2) is 0 Å². The van der Waals surface area contributed by atoms with Crippen molar-refractivity contribution in [1.29, 1.82) is 0 Å². The van der Waals surface area contributed by atoms with Crippen molar-refractivity contribution in [3.63, 3.8) is 0 Å². The van der Waals surface area contributed by atoms with Crippen LogP contribution in [-0.4, -0.2) is 15.1 Å². The fourth-order valence-electron chi connectivity index (χ4n) is 2.27. The second kappa shape index (κ2) is 7.28. The molecule has 0 N–H and O–H groups in total. The zero-order chi connectivity index (χ0) is 17.3. The number of halogens is 2. The minimum absolute atomic E-state index is 0.0864. The van der Waals surface area contributed by atoms with Gasteiger partial charge in [-0.15, -0.1) is 0 Å². The molecule has 0 atom stereocenters. The number of benzene rings is 2. The third-order valence-corrected chi connectivity index (χ3v) is 5.69. The minimum Gasteiger partial charge on any atom is -0.288 e. The average Bonchev–Trinajstić information content (AvgIpc) is 2.80. The predicted molar refractivity (Wildman–Crippen MR) is 106 cm³/mol. The zero-order valence-electron chi connectivity index (χ0n) is 12.8. The highest BCUT2D eigenvalue weighted by Gasteiger charge is 2.31. The molecule has 0 aromatic heterocycles. The summed E-state index contributed by atoms with van der Waals surface area (Å²) in [6.07, 6.45) is 1.79. The van der Waals surface area contributed by atoms with Gasteiger partial charge in [0.1, 0.15) is 4.32 Å². The number of hydrogen-bond donors (Lipinski definition) is 0. The number of hydrogen-bond acceptors (Lipinski definition) is 3. The van der Waals surface area contributed by atoms with E-state index in [4.69, 9.17) is 35.4 Å². The molecular weight excluding hydrogens is 381 g/mol. The Kier molecular flexibility index (Phi) is 5.30. The Balaban J connectivity index is 1.81. The molecule has 1 fully saturated rings. The van der Waals surface area contributed by atoms with E-state index in [1.807, 2.05) is 37.3 Å². The summed E-state index contributed by atoms with van der Waals surface area (Å²) in [6.45, 7) is 2.51. The van der Waals surface area contributed by atoms with E-state index in [1.165, 1.54) is 17.3 Å². The van der Waals surface area contributed by atoms with Crippen LogP contribution >= 0.6 is 47.2 Å². The monoisotopic (exact) mass is 393 g/mol. The van der Waals surface area contributed by atoms with Gasteiger partial charge in [0.25, 0.3) is 5.91 Å². The molecule has 0 bridgehead atoms. The molecule has 2 aromatic carbocycles. The van der Waals surface area contributed by atoms with Crippen molar-refractivity contribution in [1.82, 2.24) is 4.90 Å². The maximum Gasteiger partial charge on any atom is 0.266 e. The lowest BCUT2D eigenvalue weighted by Gasteiger charge is -2.14. The number of carbonyl (C=O) groups excluding carboxylic acids is 1. The van der Waals surface area contributed by atoms with Crippen LogP contribution in [0.15, 0.2) is 47.4 Å². The third kappa shape index (κ3) is 3.83. The summed E-state index contributed by atoms with van der Waals surface area (Å²) in [7, 11) is 0. The number of rotatable bonds is 3. The van der Waals surface area contributed by atoms with E-state index < -0.39 is 0 Å². The SMILES string of the molecule is Cc1ccc(CN2C(=O)/C(=C/c3ccc(Cl)c(Cl)c3)SC2=S)cc1. The topological polar surface area (TPSA) is 20.3 Å². The van der Waals surface area contributed by atoms with Crippen LogP contribution in [0.1, 0.15) is 16.7 Å². The molecule has 1 amide bonds. The van der Waals surface area contributed by atoms with E-state index in [9.17, 15) is 4.79 Å². The van der Waals surface area contributed by atoms with Gasteiger partial charge < -0.3 is 0 Å². The first-order valence-corrected chi connectivity index (χ1v) is 9.18. The quantitative estimate of drug-likeness (QED) is 0.492. The maximum absolute atomic E-state index is 12.6. The molecule has 0 spiro atoms. The number of carbonyl (C=O) groups is 1. The van der Waals surface area contributed by atoms with Crippen LogP contribution in [-0.2, 0) is 11.3 Å². The van der Waals surface area contributed by atoms with E-state index in [2.05, 4.69) is 0 Å². The van der Waals surface area contributed by atoms with Crippen molar-refractivity contribution >= 4 is 63.5 Å². The van der Waals surface area contributed by atoms with Gasteiger partial charge in [0.05, 0.1) is 21.5 Å². The van der Waals surface area contributed by atoms with Gasteiger partial charge in [-0.05, 0) is 36.3 Å². The van der Waals surface area contributed by atoms with Crippen molar-refractivity contribution < 1.29 is 4.79 Å². The van der Waals surface area contributed by atoms with Crippen LogP contribution < -0.4 is 0 Å². The Bertz CT molecular complexity index is 847. The van der Waals surface area contributed by atoms with Crippen LogP contribution in [0.4, 0.5) is 0 Å². The molecule has 1 saturated heterocycles. The van der Waals surface area contributed by atoms with E-state index in [0.29, 0.717) is 25.8 Å². The highest BCUT2D eigenvalue weighted by Crippen LogP contribution is 2.34. The number of amides is 1.